The lowest BCUT2D eigenvalue weighted by Crippen LogP contribution is -2.41. The van der Waals surface area contributed by atoms with Crippen LogP contribution in [0.15, 0.2) is 60.9 Å². The minimum Gasteiger partial charge on any atom is -0.379 e. The molecule has 1 unspecified atom stereocenters. The van der Waals surface area contributed by atoms with Gasteiger partial charge in [0.15, 0.2) is 0 Å². The second kappa shape index (κ2) is 5.91. The zero-order chi connectivity index (χ0) is 14.8. The summed E-state index contributed by atoms with van der Waals surface area (Å²) in [7, 11) is 0. The second-order valence-corrected chi connectivity index (χ2v) is 5.57. The molecule has 1 atom stereocenters. The van der Waals surface area contributed by atoms with Crippen molar-refractivity contribution in [3.63, 3.8) is 0 Å². The van der Waals surface area contributed by atoms with Gasteiger partial charge in [0.25, 0.3) is 0 Å². The number of hydrogen-bond acceptors (Lipinski definition) is 3. The number of benzene rings is 2. The molecule has 0 amide bonds. The molecule has 2 aromatic carbocycles. The van der Waals surface area contributed by atoms with Gasteiger partial charge in [-0.15, -0.1) is 0 Å². The highest BCUT2D eigenvalue weighted by molar-refractivity contribution is 5.75. The molecule has 1 aliphatic heterocycles. The lowest BCUT2D eigenvalue weighted by molar-refractivity contribution is 0.0102. The minimum atomic E-state index is 0.164. The number of rotatable bonds is 3. The molecule has 4 rings (SSSR count). The van der Waals surface area contributed by atoms with E-state index in [9.17, 15) is 0 Å². The molecule has 3 aromatic rings. The van der Waals surface area contributed by atoms with Crippen LogP contribution in [0.2, 0.25) is 0 Å². The maximum Gasteiger partial charge on any atom is 0.114 e. The maximum absolute atomic E-state index is 5.52. The zero-order valence-electron chi connectivity index (χ0n) is 12.4. The summed E-state index contributed by atoms with van der Waals surface area (Å²) in [6.07, 6.45) is 2.12. The van der Waals surface area contributed by atoms with Gasteiger partial charge in [0.05, 0.1) is 30.6 Å². The first-order valence-electron chi connectivity index (χ1n) is 7.72. The van der Waals surface area contributed by atoms with Crippen LogP contribution in [0.1, 0.15) is 11.7 Å². The first kappa shape index (κ1) is 13.5. The van der Waals surface area contributed by atoms with Gasteiger partial charge < -0.3 is 9.30 Å². The van der Waals surface area contributed by atoms with Crippen molar-refractivity contribution >= 4 is 11.0 Å². The fourth-order valence-corrected chi connectivity index (χ4v) is 3.17. The summed E-state index contributed by atoms with van der Waals surface area (Å²) in [6.45, 7) is 3.45. The molecule has 0 aliphatic carbocycles. The molecule has 4 nitrogen and oxygen atoms in total. The highest BCUT2D eigenvalue weighted by atomic mass is 16.5. The van der Waals surface area contributed by atoms with Gasteiger partial charge in [0.2, 0.25) is 0 Å². The third-order valence-electron chi connectivity index (χ3n) is 4.23. The highest BCUT2D eigenvalue weighted by Gasteiger charge is 2.25. The van der Waals surface area contributed by atoms with Gasteiger partial charge in [-0.3, -0.25) is 4.90 Å². The number of imidazole rings is 1. The molecule has 1 aliphatic rings. The van der Waals surface area contributed by atoms with Crippen LogP contribution in [0.4, 0.5) is 0 Å². The lowest BCUT2D eigenvalue weighted by Gasteiger charge is -2.35. The second-order valence-electron chi connectivity index (χ2n) is 5.57. The third-order valence-corrected chi connectivity index (χ3v) is 4.23. The molecule has 1 saturated heterocycles. The highest BCUT2D eigenvalue weighted by Crippen LogP contribution is 2.27. The van der Waals surface area contributed by atoms with Crippen molar-refractivity contribution in [3.05, 3.63) is 66.5 Å². The van der Waals surface area contributed by atoms with Crippen LogP contribution in [0.5, 0.6) is 0 Å². The first-order valence-corrected chi connectivity index (χ1v) is 7.72. The Balaban J connectivity index is 1.83. The van der Waals surface area contributed by atoms with Crippen molar-refractivity contribution in [1.29, 1.82) is 0 Å². The summed E-state index contributed by atoms with van der Waals surface area (Å²) >= 11 is 0. The summed E-state index contributed by atoms with van der Waals surface area (Å²) in [5, 5.41) is 0. The maximum atomic E-state index is 5.52. The SMILES string of the molecule is c1ccc(C(N2CCOCC2)n2cnc3ccccc32)cc1. The zero-order valence-corrected chi connectivity index (χ0v) is 12.4. The van der Waals surface area contributed by atoms with Gasteiger partial charge in [0.1, 0.15) is 6.17 Å². The Bertz CT molecular complexity index is 747. The molecule has 1 fully saturated rings. The normalized spacial score (nSPS) is 17.6. The van der Waals surface area contributed by atoms with Crippen molar-refractivity contribution in [2.45, 2.75) is 6.17 Å². The Morgan fingerprint density at radius 3 is 2.45 bits per heavy atom. The quantitative estimate of drug-likeness (QED) is 0.744. The Kier molecular flexibility index (Phi) is 3.62. The predicted molar refractivity (Wildman–Crippen MR) is 86.7 cm³/mol. The van der Waals surface area contributed by atoms with Crippen LogP contribution >= 0.6 is 0 Å². The molecule has 0 spiro atoms. The smallest absolute Gasteiger partial charge is 0.114 e. The van der Waals surface area contributed by atoms with E-state index in [-0.39, 0.29) is 6.17 Å². The van der Waals surface area contributed by atoms with Crippen molar-refractivity contribution in [2.24, 2.45) is 0 Å². The van der Waals surface area contributed by atoms with Crippen LogP contribution in [-0.4, -0.2) is 40.8 Å². The third kappa shape index (κ3) is 2.40. The minimum absolute atomic E-state index is 0.164. The van der Waals surface area contributed by atoms with Crippen molar-refractivity contribution in [2.75, 3.05) is 26.3 Å². The summed E-state index contributed by atoms with van der Waals surface area (Å²) in [5.74, 6) is 0. The number of nitrogens with zero attached hydrogens (tertiary/aromatic N) is 3. The molecule has 0 saturated carbocycles. The van der Waals surface area contributed by atoms with Crippen molar-refractivity contribution in [1.82, 2.24) is 14.5 Å². The van der Waals surface area contributed by atoms with E-state index in [1.165, 1.54) is 11.1 Å². The van der Waals surface area contributed by atoms with Gasteiger partial charge in [-0.05, 0) is 17.7 Å². The predicted octanol–water partition coefficient (Wildman–Crippen LogP) is 2.92. The molecule has 2 heterocycles. The monoisotopic (exact) mass is 293 g/mol. The number of hydrogen-bond donors (Lipinski definition) is 0. The molecule has 0 radical (unpaired) electrons. The van der Waals surface area contributed by atoms with E-state index in [1.54, 1.807) is 0 Å². The van der Waals surface area contributed by atoms with E-state index in [1.807, 2.05) is 12.4 Å². The van der Waals surface area contributed by atoms with Crippen LogP contribution in [0.3, 0.4) is 0 Å². The topological polar surface area (TPSA) is 30.3 Å². The number of ether oxygens (including phenoxy) is 1. The first-order chi connectivity index (χ1) is 10.9. The largest absolute Gasteiger partial charge is 0.379 e. The van der Waals surface area contributed by atoms with Gasteiger partial charge in [0, 0.05) is 13.1 Å². The van der Waals surface area contributed by atoms with Gasteiger partial charge in [-0.25, -0.2) is 4.98 Å². The van der Waals surface area contributed by atoms with E-state index < -0.39 is 0 Å². The fourth-order valence-electron chi connectivity index (χ4n) is 3.17. The summed E-state index contributed by atoms with van der Waals surface area (Å²) in [4.78, 5) is 7.03. The number of aromatic nitrogens is 2. The van der Waals surface area contributed by atoms with E-state index >= 15 is 0 Å². The fraction of sp³-hybridized carbons (Fsp3) is 0.278. The van der Waals surface area contributed by atoms with E-state index in [0.717, 1.165) is 31.8 Å². The van der Waals surface area contributed by atoms with Crippen molar-refractivity contribution < 1.29 is 4.74 Å². The van der Waals surface area contributed by atoms with Crippen LogP contribution < -0.4 is 0 Å². The van der Waals surface area contributed by atoms with E-state index in [0.29, 0.717) is 0 Å². The van der Waals surface area contributed by atoms with Crippen LogP contribution in [-0.2, 0) is 4.74 Å². The average Bonchev–Trinajstić information content (AvgIpc) is 3.01. The Morgan fingerprint density at radius 1 is 0.909 bits per heavy atom. The van der Waals surface area contributed by atoms with E-state index in [2.05, 4.69) is 63.0 Å². The van der Waals surface area contributed by atoms with Crippen LogP contribution in [0.25, 0.3) is 11.0 Å². The number of morpholine rings is 1. The molecule has 112 valence electrons. The van der Waals surface area contributed by atoms with Gasteiger partial charge in [-0.1, -0.05) is 42.5 Å². The Labute approximate surface area is 130 Å². The standard InChI is InChI=1S/C18H19N3O/c1-2-6-15(7-3-1)18(20-10-12-22-13-11-20)21-14-19-16-8-4-5-9-17(16)21/h1-9,14,18H,10-13H2. The molecule has 4 heteroatoms. The number of fused-ring (bicyclic) bond motifs is 1. The van der Waals surface area contributed by atoms with Crippen LogP contribution in [0, 0.1) is 0 Å². The Hall–Kier alpha value is -2.17. The average molecular weight is 293 g/mol. The number of para-hydroxylation sites is 2. The summed E-state index contributed by atoms with van der Waals surface area (Å²) < 4.78 is 7.80. The molecule has 0 N–H and O–H groups in total. The summed E-state index contributed by atoms with van der Waals surface area (Å²) in [5.41, 5.74) is 3.49. The van der Waals surface area contributed by atoms with Gasteiger partial charge in [-0.2, -0.15) is 0 Å². The Morgan fingerprint density at radius 2 is 1.64 bits per heavy atom. The van der Waals surface area contributed by atoms with Crippen molar-refractivity contribution in [3.8, 4) is 0 Å². The molecule has 22 heavy (non-hydrogen) atoms. The molecular weight excluding hydrogens is 274 g/mol. The molecular formula is C18H19N3O. The lowest BCUT2D eigenvalue weighted by atomic mass is 10.1. The molecule has 0 bridgehead atoms. The molecule has 1 aromatic heterocycles. The van der Waals surface area contributed by atoms with Gasteiger partial charge >= 0.3 is 0 Å². The van der Waals surface area contributed by atoms with E-state index in [4.69, 9.17) is 4.74 Å². The summed E-state index contributed by atoms with van der Waals surface area (Å²) in [6, 6.07) is 18.9.